The zero-order chi connectivity index (χ0) is 35.7. The van der Waals surface area contributed by atoms with Gasteiger partial charge in [0.05, 0.1) is 12.7 Å². The maximum Gasteiger partial charge on any atom is 0.469 e. The van der Waals surface area contributed by atoms with Crippen molar-refractivity contribution in [1.29, 1.82) is 0 Å². The van der Waals surface area contributed by atoms with Crippen molar-refractivity contribution in [3.8, 4) is 0 Å². The number of phosphoric ester groups is 1. The van der Waals surface area contributed by atoms with Gasteiger partial charge in [-0.25, -0.2) is 4.57 Å². The molecule has 0 saturated carbocycles. The number of hydrogen-bond acceptors (Lipinski definition) is 7. The molecule has 0 radical (unpaired) electrons. The molecule has 0 spiro atoms. The van der Waals surface area contributed by atoms with Gasteiger partial charge in [-0.05, 0) is 50.9 Å². The van der Waals surface area contributed by atoms with Crippen LogP contribution in [-0.2, 0) is 28.2 Å². The first-order valence-electron chi connectivity index (χ1n) is 18.4. The topological polar surface area (TPSA) is 140 Å². The number of aliphatic hydroxyl groups is 1. The zero-order valence-corrected chi connectivity index (χ0v) is 31.0. The van der Waals surface area contributed by atoms with E-state index in [0.29, 0.717) is 19.3 Å². The van der Waals surface area contributed by atoms with E-state index in [-0.39, 0.29) is 19.4 Å². The summed E-state index contributed by atoms with van der Waals surface area (Å²) in [4.78, 5) is 42.6. The molecule has 0 aliphatic rings. The number of hydrogen-bond donors (Lipinski definition) is 3. The molecule has 0 aliphatic heterocycles. The fourth-order valence-electron chi connectivity index (χ4n) is 4.84. The number of unbranched alkanes of at least 4 members (excludes halogenated alkanes) is 11. The standard InChI is InChI=1S/C38H67O9P/c1-4-5-6-7-8-9-10-11-12-15-18-21-24-28-35(39)29-26-31-37(40)45-32-36(33-46-48(42,43)44)47-38(41)30-25-22-19-16-13-14-17-20-23-27-34(2)3/h8-9,11-12,18,21,24,28,34-36,39H,4-7,10,13-17,19-20,22-23,25-27,29-33H2,1-3H3,(H2,42,43,44)/b9-8-,12-11-,21-18-,28-24+/t35-,36-/m1/s1. The summed E-state index contributed by atoms with van der Waals surface area (Å²) < 4.78 is 26.1. The molecule has 0 bridgehead atoms. The van der Waals surface area contributed by atoms with Crippen LogP contribution in [0, 0.1) is 5.92 Å². The second-order valence-electron chi connectivity index (χ2n) is 12.9. The highest BCUT2D eigenvalue weighted by molar-refractivity contribution is 7.46. The molecule has 0 aromatic carbocycles. The predicted octanol–water partition coefficient (Wildman–Crippen LogP) is 9.61. The molecule has 2 atom stereocenters. The van der Waals surface area contributed by atoms with E-state index >= 15 is 0 Å². The Labute approximate surface area is 291 Å². The molecule has 3 N–H and O–H groups in total. The molecule has 0 fully saturated rings. The quantitative estimate of drug-likeness (QED) is 0.0206. The highest BCUT2D eigenvalue weighted by atomic mass is 31.2. The van der Waals surface area contributed by atoms with Gasteiger partial charge >= 0.3 is 19.8 Å². The highest BCUT2D eigenvalue weighted by Crippen LogP contribution is 2.36. The van der Waals surface area contributed by atoms with Crippen LogP contribution < -0.4 is 0 Å². The van der Waals surface area contributed by atoms with Crippen LogP contribution in [-0.4, -0.2) is 52.3 Å². The Morgan fingerprint density at radius 1 is 0.688 bits per heavy atom. The Morgan fingerprint density at radius 2 is 1.29 bits per heavy atom. The van der Waals surface area contributed by atoms with Crippen LogP contribution in [0.15, 0.2) is 48.6 Å². The van der Waals surface area contributed by atoms with E-state index in [2.05, 4.69) is 49.6 Å². The molecule has 10 heteroatoms. The lowest BCUT2D eigenvalue weighted by molar-refractivity contribution is -0.161. The van der Waals surface area contributed by atoms with Gasteiger partial charge in [0.25, 0.3) is 0 Å². The molecule has 0 amide bonds. The van der Waals surface area contributed by atoms with Crippen LogP contribution in [0.2, 0.25) is 0 Å². The normalized spacial score (nSPS) is 13.8. The van der Waals surface area contributed by atoms with Crippen molar-refractivity contribution in [1.82, 2.24) is 0 Å². The maximum atomic E-state index is 12.3. The first kappa shape index (κ1) is 46.0. The van der Waals surface area contributed by atoms with E-state index in [0.717, 1.165) is 44.4 Å². The first-order valence-corrected chi connectivity index (χ1v) is 19.9. The van der Waals surface area contributed by atoms with Gasteiger partial charge in [0, 0.05) is 12.8 Å². The van der Waals surface area contributed by atoms with Crippen molar-refractivity contribution < 1.29 is 43.0 Å². The third-order valence-corrected chi connectivity index (χ3v) is 8.12. The summed E-state index contributed by atoms with van der Waals surface area (Å²) in [6.07, 6.45) is 33.1. The van der Waals surface area contributed by atoms with Crippen LogP contribution in [0.25, 0.3) is 0 Å². The maximum absolute atomic E-state index is 12.3. The Balaban J connectivity index is 4.20. The van der Waals surface area contributed by atoms with E-state index < -0.39 is 38.6 Å². The van der Waals surface area contributed by atoms with E-state index in [4.69, 9.17) is 19.3 Å². The van der Waals surface area contributed by atoms with Gasteiger partial charge in [0.15, 0.2) is 6.10 Å². The molecule has 0 aromatic rings. The highest BCUT2D eigenvalue weighted by Gasteiger charge is 2.23. The Morgan fingerprint density at radius 3 is 1.94 bits per heavy atom. The van der Waals surface area contributed by atoms with Crippen molar-refractivity contribution in [2.75, 3.05) is 13.2 Å². The monoisotopic (exact) mass is 698 g/mol. The molecule has 0 aromatic heterocycles. The summed E-state index contributed by atoms with van der Waals surface area (Å²) in [5.41, 5.74) is 0. The molecule has 48 heavy (non-hydrogen) atoms. The first-order chi connectivity index (χ1) is 23.0. The molecule has 0 heterocycles. The van der Waals surface area contributed by atoms with Crippen LogP contribution in [0.5, 0.6) is 0 Å². The van der Waals surface area contributed by atoms with E-state index in [1.54, 1.807) is 12.2 Å². The van der Waals surface area contributed by atoms with Crippen LogP contribution in [0.4, 0.5) is 0 Å². The number of carbonyl (C=O) groups is 2. The number of carbonyl (C=O) groups excluding carboxylic acids is 2. The fraction of sp³-hybridized carbons (Fsp3) is 0.737. The van der Waals surface area contributed by atoms with Crippen molar-refractivity contribution in [3.05, 3.63) is 48.6 Å². The molecular formula is C38H67O9P. The van der Waals surface area contributed by atoms with Crippen molar-refractivity contribution in [2.45, 2.75) is 161 Å². The summed E-state index contributed by atoms with van der Waals surface area (Å²) in [6, 6.07) is 0. The lowest BCUT2D eigenvalue weighted by Crippen LogP contribution is -2.29. The van der Waals surface area contributed by atoms with Crippen LogP contribution in [0.1, 0.15) is 149 Å². The Kier molecular flexibility index (Phi) is 30.8. The molecule has 278 valence electrons. The average Bonchev–Trinajstić information content (AvgIpc) is 3.02. The van der Waals surface area contributed by atoms with Gasteiger partial charge in [0.1, 0.15) is 6.61 Å². The smallest absolute Gasteiger partial charge is 0.462 e. The third kappa shape index (κ3) is 35.3. The van der Waals surface area contributed by atoms with Gasteiger partial charge in [-0.3, -0.25) is 14.1 Å². The largest absolute Gasteiger partial charge is 0.469 e. The number of aliphatic hydroxyl groups excluding tert-OH is 1. The van der Waals surface area contributed by atoms with Crippen molar-refractivity contribution in [2.24, 2.45) is 5.92 Å². The number of phosphoric acid groups is 1. The minimum atomic E-state index is -4.79. The van der Waals surface area contributed by atoms with Gasteiger partial charge in [-0.1, -0.05) is 140 Å². The predicted molar refractivity (Wildman–Crippen MR) is 194 cm³/mol. The fourth-order valence-corrected chi connectivity index (χ4v) is 5.20. The second kappa shape index (κ2) is 32.2. The summed E-state index contributed by atoms with van der Waals surface area (Å²) in [5.74, 6) is -0.319. The minimum Gasteiger partial charge on any atom is -0.462 e. The van der Waals surface area contributed by atoms with Gasteiger partial charge in [-0.15, -0.1) is 0 Å². The van der Waals surface area contributed by atoms with Crippen molar-refractivity contribution >= 4 is 19.8 Å². The SMILES string of the molecule is CCCCC/C=C\C/C=C\C/C=C\C=C\[C@@H](O)CCCC(=O)OC[C@H](COP(=O)(O)O)OC(=O)CCCCCCCCCCCC(C)C. The Bertz CT molecular complexity index is 952. The van der Waals surface area contributed by atoms with Crippen LogP contribution in [0.3, 0.4) is 0 Å². The van der Waals surface area contributed by atoms with Crippen molar-refractivity contribution in [3.63, 3.8) is 0 Å². The summed E-state index contributed by atoms with van der Waals surface area (Å²) in [7, 11) is -4.79. The summed E-state index contributed by atoms with van der Waals surface area (Å²) >= 11 is 0. The number of rotatable bonds is 32. The number of ether oxygens (including phenoxy) is 2. The summed E-state index contributed by atoms with van der Waals surface area (Å²) in [5, 5.41) is 10.1. The zero-order valence-electron chi connectivity index (χ0n) is 30.1. The molecule has 0 rings (SSSR count). The molecule has 0 aliphatic carbocycles. The lowest BCUT2D eigenvalue weighted by atomic mass is 10.0. The number of esters is 2. The van der Waals surface area contributed by atoms with Crippen LogP contribution >= 0.6 is 7.82 Å². The third-order valence-electron chi connectivity index (χ3n) is 7.63. The second-order valence-corrected chi connectivity index (χ2v) is 14.1. The molecule has 9 nitrogen and oxygen atoms in total. The minimum absolute atomic E-state index is 0.0382. The molecular weight excluding hydrogens is 631 g/mol. The van der Waals surface area contributed by atoms with E-state index in [9.17, 15) is 19.3 Å². The average molecular weight is 699 g/mol. The molecule has 0 saturated heterocycles. The lowest BCUT2D eigenvalue weighted by Gasteiger charge is -2.18. The number of allylic oxidation sites excluding steroid dienone is 7. The Hall–Kier alpha value is -2.03. The van der Waals surface area contributed by atoms with E-state index in [1.807, 2.05) is 12.2 Å². The van der Waals surface area contributed by atoms with Gasteiger partial charge in [-0.2, -0.15) is 0 Å². The summed E-state index contributed by atoms with van der Waals surface area (Å²) in [6.45, 7) is 5.75. The van der Waals surface area contributed by atoms with Gasteiger partial charge < -0.3 is 24.4 Å². The van der Waals surface area contributed by atoms with E-state index in [1.165, 1.54) is 57.8 Å². The molecule has 0 unspecified atom stereocenters. The van der Waals surface area contributed by atoms with Gasteiger partial charge in [0.2, 0.25) is 0 Å².